The number of para-hydroxylation sites is 1. The van der Waals surface area contributed by atoms with Gasteiger partial charge in [0.1, 0.15) is 13.2 Å². The fourth-order valence-corrected chi connectivity index (χ4v) is 4.86. The number of nitrogens with zero attached hydrogens (tertiary/aromatic N) is 1. The molecule has 0 spiro atoms. The number of rotatable bonds is 7. The van der Waals surface area contributed by atoms with Gasteiger partial charge in [-0.25, -0.2) is 0 Å². The van der Waals surface area contributed by atoms with Crippen LogP contribution in [0.3, 0.4) is 0 Å². The summed E-state index contributed by atoms with van der Waals surface area (Å²) in [5.74, 6) is 0.776. The van der Waals surface area contributed by atoms with Crippen LogP contribution in [0.1, 0.15) is 31.2 Å². The molecule has 0 aromatic heterocycles. The second kappa shape index (κ2) is 9.96. The van der Waals surface area contributed by atoms with Crippen LogP contribution < -0.4 is 14.8 Å². The van der Waals surface area contributed by atoms with Crippen molar-refractivity contribution in [2.45, 2.75) is 36.0 Å². The first kappa shape index (κ1) is 22.0. The minimum absolute atomic E-state index is 0.278. The molecule has 166 valence electrons. The van der Waals surface area contributed by atoms with Crippen molar-refractivity contribution in [3.8, 4) is 17.6 Å². The summed E-state index contributed by atoms with van der Waals surface area (Å²) >= 11 is 1.34. The second-order valence-corrected chi connectivity index (χ2v) is 8.73. The number of esters is 1. The largest absolute Gasteiger partial charge is 0.486 e. The van der Waals surface area contributed by atoms with Crippen LogP contribution in [0.15, 0.2) is 47.4 Å². The quantitative estimate of drug-likeness (QED) is 0.500. The number of carbonyl (C=O) groups is 2. The summed E-state index contributed by atoms with van der Waals surface area (Å²) in [6, 6.07) is 14.9. The Kier molecular flexibility index (Phi) is 6.86. The Hall–Kier alpha value is -3.18. The molecular formula is C24H24N2O5S. The van der Waals surface area contributed by atoms with Gasteiger partial charge in [-0.05, 0) is 42.7 Å². The Bertz CT molecular complexity index is 1040. The first-order valence-corrected chi connectivity index (χ1v) is 11.6. The molecule has 1 aliphatic carbocycles. The lowest BCUT2D eigenvalue weighted by Gasteiger charge is -2.28. The maximum absolute atomic E-state index is 13.2. The van der Waals surface area contributed by atoms with Gasteiger partial charge in [0.05, 0.1) is 22.9 Å². The molecule has 1 amide bonds. The van der Waals surface area contributed by atoms with Gasteiger partial charge in [0.15, 0.2) is 18.1 Å². The number of nitrogens with one attached hydrogen (secondary N) is 1. The molecule has 1 N–H and O–H groups in total. The van der Waals surface area contributed by atoms with Crippen molar-refractivity contribution < 1.29 is 23.8 Å². The van der Waals surface area contributed by atoms with E-state index in [4.69, 9.17) is 19.5 Å². The summed E-state index contributed by atoms with van der Waals surface area (Å²) in [4.78, 5) is 26.5. The van der Waals surface area contributed by atoms with Gasteiger partial charge in [0, 0.05) is 4.90 Å². The Balaban J connectivity index is 1.43. The van der Waals surface area contributed by atoms with E-state index in [9.17, 15) is 9.59 Å². The number of nitriles is 1. The minimum atomic E-state index is -0.781. The second-order valence-electron chi connectivity index (χ2n) is 7.71. The Morgan fingerprint density at radius 3 is 2.62 bits per heavy atom. The fraction of sp³-hybridized carbons (Fsp3) is 0.375. The molecule has 0 radical (unpaired) electrons. The van der Waals surface area contributed by atoms with E-state index >= 15 is 0 Å². The van der Waals surface area contributed by atoms with Crippen molar-refractivity contribution in [3.63, 3.8) is 0 Å². The monoisotopic (exact) mass is 452 g/mol. The molecule has 1 saturated carbocycles. The molecule has 1 fully saturated rings. The van der Waals surface area contributed by atoms with Crippen LogP contribution in [-0.2, 0) is 19.7 Å². The van der Waals surface area contributed by atoms with Gasteiger partial charge in [0.2, 0.25) is 0 Å². The highest BCUT2D eigenvalue weighted by Gasteiger charge is 2.45. The van der Waals surface area contributed by atoms with Crippen LogP contribution in [0.4, 0.5) is 5.69 Å². The third kappa shape index (κ3) is 4.68. The summed E-state index contributed by atoms with van der Waals surface area (Å²) in [6.45, 7) is 0.609. The van der Waals surface area contributed by atoms with Crippen LogP contribution in [0.2, 0.25) is 0 Å². The van der Waals surface area contributed by atoms with Gasteiger partial charge in [-0.1, -0.05) is 31.0 Å². The van der Waals surface area contributed by atoms with Crippen molar-refractivity contribution >= 4 is 29.3 Å². The number of benzene rings is 2. The lowest BCUT2D eigenvalue weighted by Crippen LogP contribution is -2.36. The highest BCUT2D eigenvalue weighted by atomic mass is 32.2. The smallest absolute Gasteiger partial charge is 0.317 e. The summed E-state index contributed by atoms with van der Waals surface area (Å²) in [5.41, 5.74) is 0.649. The number of hydrogen-bond donors (Lipinski definition) is 1. The van der Waals surface area contributed by atoms with Crippen molar-refractivity contribution in [2.75, 3.05) is 30.9 Å². The summed E-state index contributed by atoms with van der Waals surface area (Å²) in [5, 5.41) is 11.6. The van der Waals surface area contributed by atoms with Gasteiger partial charge < -0.3 is 19.5 Å². The molecule has 2 aromatic rings. The highest BCUT2D eigenvalue weighted by Crippen LogP contribution is 2.45. The molecule has 8 heteroatoms. The first-order valence-electron chi connectivity index (χ1n) is 10.6. The normalized spacial score (nSPS) is 16.1. The van der Waals surface area contributed by atoms with E-state index in [2.05, 4.69) is 11.4 Å². The van der Waals surface area contributed by atoms with E-state index in [0.717, 1.165) is 23.3 Å². The number of hydrogen-bond acceptors (Lipinski definition) is 7. The molecule has 4 rings (SSSR count). The van der Waals surface area contributed by atoms with Gasteiger partial charge in [-0.3, -0.25) is 9.59 Å². The van der Waals surface area contributed by atoms with Crippen molar-refractivity contribution in [1.29, 1.82) is 5.26 Å². The Morgan fingerprint density at radius 1 is 1.09 bits per heavy atom. The van der Waals surface area contributed by atoms with E-state index in [-0.39, 0.29) is 12.4 Å². The Labute approximate surface area is 191 Å². The van der Waals surface area contributed by atoms with Crippen LogP contribution in [0.5, 0.6) is 11.5 Å². The van der Waals surface area contributed by atoms with Crippen molar-refractivity contribution in [1.82, 2.24) is 0 Å². The number of fused-ring (bicyclic) bond motifs is 1. The Morgan fingerprint density at radius 2 is 1.84 bits per heavy atom. The van der Waals surface area contributed by atoms with Crippen LogP contribution >= 0.6 is 11.8 Å². The zero-order valence-electron chi connectivity index (χ0n) is 17.6. The number of anilines is 1. The predicted molar refractivity (Wildman–Crippen MR) is 120 cm³/mol. The standard InChI is InChI=1S/C24H24N2O5S/c25-11-14-32-21-6-2-1-5-18(21)26-22(27)16-31-23(28)24(9-3-4-10-24)17-7-8-19-20(15-17)30-13-12-29-19/h1-2,5-8,15H,3-4,9-10,12-14,16H2,(H,26,27). The summed E-state index contributed by atoms with van der Waals surface area (Å²) in [7, 11) is 0. The third-order valence-corrected chi connectivity index (χ3v) is 6.67. The van der Waals surface area contributed by atoms with E-state index in [0.29, 0.717) is 43.2 Å². The molecule has 32 heavy (non-hydrogen) atoms. The minimum Gasteiger partial charge on any atom is -0.486 e. The molecule has 7 nitrogen and oxygen atoms in total. The highest BCUT2D eigenvalue weighted by molar-refractivity contribution is 7.99. The molecule has 1 heterocycles. The molecule has 0 unspecified atom stereocenters. The maximum Gasteiger partial charge on any atom is 0.317 e. The number of amides is 1. The first-order chi connectivity index (χ1) is 15.6. The SMILES string of the molecule is N#CCSc1ccccc1NC(=O)COC(=O)C1(c2ccc3c(c2)OCCO3)CCCC1. The fourth-order valence-electron chi connectivity index (χ4n) is 4.19. The van der Waals surface area contributed by atoms with E-state index in [1.165, 1.54) is 11.8 Å². The number of thioether (sulfide) groups is 1. The molecule has 0 saturated heterocycles. The van der Waals surface area contributed by atoms with E-state index in [1.807, 2.05) is 30.3 Å². The van der Waals surface area contributed by atoms with Crippen molar-refractivity contribution in [3.05, 3.63) is 48.0 Å². The molecular weight excluding hydrogens is 428 g/mol. The predicted octanol–water partition coefficient (Wildman–Crippen LogP) is 4.07. The van der Waals surface area contributed by atoms with Crippen LogP contribution in [-0.4, -0.2) is 37.4 Å². The molecule has 2 aliphatic rings. The van der Waals surface area contributed by atoms with Gasteiger partial charge >= 0.3 is 5.97 Å². The van der Waals surface area contributed by atoms with E-state index in [1.54, 1.807) is 12.1 Å². The zero-order valence-corrected chi connectivity index (χ0v) is 18.4. The molecule has 0 atom stereocenters. The summed E-state index contributed by atoms with van der Waals surface area (Å²) in [6.07, 6.45) is 3.17. The number of ether oxygens (including phenoxy) is 3. The van der Waals surface area contributed by atoms with Gasteiger partial charge in [0.25, 0.3) is 5.91 Å². The summed E-state index contributed by atoms with van der Waals surface area (Å²) < 4.78 is 16.8. The molecule has 1 aliphatic heterocycles. The topological polar surface area (TPSA) is 97.7 Å². The lowest BCUT2D eigenvalue weighted by molar-refractivity contribution is -0.153. The van der Waals surface area contributed by atoms with Gasteiger partial charge in [-0.2, -0.15) is 5.26 Å². The van der Waals surface area contributed by atoms with Crippen LogP contribution in [0.25, 0.3) is 0 Å². The average Bonchev–Trinajstić information content (AvgIpc) is 3.33. The van der Waals surface area contributed by atoms with E-state index < -0.39 is 17.3 Å². The molecule has 0 bridgehead atoms. The van der Waals surface area contributed by atoms with Crippen molar-refractivity contribution in [2.24, 2.45) is 0 Å². The lowest BCUT2D eigenvalue weighted by atomic mass is 9.78. The average molecular weight is 453 g/mol. The maximum atomic E-state index is 13.2. The van der Waals surface area contributed by atoms with Gasteiger partial charge in [-0.15, -0.1) is 11.8 Å². The molecule has 2 aromatic carbocycles. The van der Waals surface area contributed by atoms with Crippen LogP contribution in [0, 0.1) is 11.3 Å². The zero-order chi connectivity index (χ0) is 22.4. The third-order valence-electron chi connectivity index (χ3n) is 5.73. The number of carbonyl (C=O) groups excluding carboxylic acids is 2.